The third kappa shape index (κ3) is 1.46. The minimum absolute atomic E-state index is 0.108. The summed E-state index contributed by atoms with van der Waals surface area (Å²) in [5, 5.41) is 4.06. The maximum absolute atomic E-state index is 12.6. The number of ketones is 1. The average Bonchev–Trinajstić information content (AvgIpc) is 3.11. The highest BCUT2D eigenvalue weighted by molar-refractivity contribution is 5.94. The van der Waals surface area contributed by atoms with E-state index in [4.69, 9.17) is 4.52 Å². The molecule has 0 saturated heterocycles. The molecule has 0 aromatic carbocycles. The van der Waals surface area contributed by atoms with Crippen LogP contribution in [0.1, 0.15) is 39.0 Å². The number of Topliss-reactive ketones (excluding diaryl/α,β-unsaturated/α-hetero) is 1. The molecule has 0 unspecified atom stereocenters. The van der Waals surface area contributed by atoms with Gasteiger partial charge in [-0.25, -0.2) is 0 Å². The second-order valence-corrected chi connectivity index (χ2v) is 6.65. The van der Waals surface area contributed by atoms with E-state index in [1.165, 1.54) is 0 Å². The molecule has 0 aliphatic heterocycles. The fourth-order valence-corrected chi connectivity index (χ4v) is 4.19. The minimum Gasteiger partial charge on any atom is -0.338 e. The van der Waals surface area contributed by atoms with Crippen LogP contribution in [0.15, 0.2) is 29.0 Å². The number of hydrogen-bond donors (Lipinski definition) is 0. The van der Waals surface area contributed by atoms with E-state index in [2.05, 4.69) is 29.0 Å². The van der Waals surface area contributed by atoms with E-state index in [1.54, 1.807) is 12.4 Å². The Bertz CT molecular complexity index is 707. The summed E-state index contributed by atoms with van der Waals surface area (Å²) in [4.78, 5) is 21.2. The van der Waals surface area contributed by atoms with Gasteiger partial charge in [-0.1, -0.05) is 19.0 Å². The number of carbonyl (C=O) groups is 1. The normalized spacial score (nSPS) is 30.0. The zero-order chi connectivity index (χ0) is 14.7. The van der Waals surface area contributed by atoms with Crippen LogP contribution in [0.2, 0.25) is 0 Å². The molecule has 2 aliphatic rings. The number of aromatic nitrogens is 3. The smallest absolute Gasteiger partial charge is 0.241 e. The largest absolute Gasteiger partial charge is 0.338 e. The minimum atomic E-state index is -0.592. The van der Waals surface area contributed by atoms with E-state index in [0.717, 1.165) is 18.4 Å². The van der Waals surface area contributed by atoms with Crippen LogP contribution in [0.25, 0.3) is 11.4 Å². The van der Waals surface area contributed by atoms with Gasteiger partial charge >= 0.3 is 0 Å². The van der Waals surface area contributed by atoms with E-state index >= 15 is 0 Å². The Morgan fingerprint density at radius 2 is 2.24 bits per heavy atom. The first kappa shape index (κ1) is 12.7. The molecule has 0 radical (unpaired) electrons. The predicted molar refractivity (Wildman–Crippen MR) is 75.3 cm³/mol. The number of carbonyl (C=O) groups excluding carboxylic acids is 1. The molecule has 2 atom stereocenters. The molecule has 2 aromatic heterocycles. The Kier molecular flexibility index (Phi) is 2.41. The van der Waals surface area contributed by atoms with Crippen molar-refractivity contribution in [3.63, 3.8) is 0 Å². The topological polar surface area (TPSA) is 68.9 Å². The average molecular weight is 283 g/mol. The summed E-state index contributed by atoms with van der Waals surface area (Å²) >= 11 is 0. The highest BCUT2D eigenvalue weighted by Crippen LogP contribution is 2.64. The van der Waals surface area contributed by atoms with Crippen LogP contribution in [0.3, 0.4) is 0 Å². The zero-order valence-corrected chi connectivity index (χ0v) is 12.2. The van der Waals surface area contributed by atoms with Crippen molar-refractivity contribution in [2.45, 2.75) is 38.5 Å². The fraction of sp³-hybridized carbons (Fsp3) is 0.500. The van der Waals surface area contributed by atoms with Gasteiger partial charge in [-0.15, -0.1) is 0 Å². The van der Waals surface area contributed by atoms with Crippen LogP contribution in [-0.4, -0.2) is 20.9 Å². The first-order valence-corrected chi connectivity index (χ1v) is 7.33. The van der Waals surface area contributed by atoms with Crippen LogP contribution >= 0.6 is 0 Å². The van der Waals surface area contributed by atoms with Crippen LogP contribution in [0.4, 0.5) is 0 Å². The van der Waals surface area contributed by atoms with Crippen LogP contribution in [-0.2, 0) is 10.2 Å². The van der Waals surface area contributed by atoms with Crippen molar-refractivity contribution in [1.29, 1.82) is 0 Å². The first-order valence-electron chi connectivity index (χ1n) is 7.33. The van der Waals surface area contributed by atoms with Crippen molar-refractivity contribution >= 4 is 5.78 Å². The summed E-state index contributed by atoms with van der Waals surface area (Å²) in [6.45, 7) is 4.31. The zero-order valence-electron chi connectivity index (χ0n) is 12.2. The molecular formula is C16H17N3O2. The fourth-order valence-electron chi connectivity index (χ4n) is 4.19. The van der Waals surface area contributed by atoms with Crippen molar-refractivity contribution in [3.05, 3.63) is 30.4 Å². The van der Waals surface area contributed by atoms with Gasteiger partial charge in [0, 0.05) is 24.4 Å². The molecule has 5 heteroatoms. The molecule has 2 saturated carbocycles. The van der Waals surface area contributed by atoms with E-state index in [-0.39, 0.29) is 11.2 Å². The lowest BCUT2D eigenvalue weighted by molar-refractivity contribution is -0.125. The van der Waals surface area contributed by atoms with Crippen molar-refractivity contribution in [2.75, 3.05) is 0 Å². The lowest BCUT2D eigenvalue weighted by Gasteiger charge is -2.32. The van der Waals surface area contributed by atoms with Crippen molar-refractivity contribution in [2.24, 2.45) is 11.3 Å². The highest BCUT2D eigenvalue weighted by atomic mass is 16.5. The van der Waals surface area contributed by atoms with Crippen molar-refractivity contribution in [1.82, 2.24) is 15.1 Å². The Morgan fingerprint density at radius 3 is 2.86 bits per heavy atom. The van der Waals surface area contributed by atoms with Crippen LogP contribution in [0.5, 0.6) is 0 Å². The Hall–Kier alpha value is -2.04. The second kappa shape index (κ2) is 4.00. The standard InChI is InChI=1S/C16H17N3O2/c1-15(2)11-5-6-16(15,12(20)8-11)14-18-13(19-21-14)10-4-3-7-17-9-10/h3-4,7,9,11H,5-6,8H2,1-2H3/t11-,16+/m1/s1. The summed E-state index contributed by atoms with van der Waals surface area (Å²) in [6.07, 6.45) is 5.92. The molecule has 2 fully saturated rings. The molecule has 4 rings (SSSR count). The lowest BCUT2D eigenvalue weighted by Crippen LogP contribution is -2.40. The van der Waals surface area contributed by atoms with Crippen LogP contribution in [0, 0.1) is 11.3 Å². The van der Waals surface area contributed by atoms with Crippen molar-refractivity contribution < 1.29 is 9.32 Å². The number of hydrogen-bond acceptors (Lipinski definition) is 5. The summed E-state index contributed by atoms with van der Waals surface area (Å²) in [6, 6.07) is 3.72. The van der Waals surface area contributed by atoms with Crippen LogP contribution < -0.4 is 0 Å². The van der Waals surface area contributed by atoms with Gasteiger partial charge in [-0.2, -0.15) is 4.98 Å². The van der Waals surface area contributed by atoms with Crippen molar-refractivity contribution in [3.8, 4) is 11.4 Å². The maximum atomic E-state index is 12.6. The van der Waals surface area contributed by atoms with E-state index < -0.39 is 5.41 Å². The summed E-state index contributed by atoms with van der Waals surface area (Å²) < 4.78 is 5.52. The van der Waals surface area contributed by atoms with Gasteiger partial charge in [0.15, 0.2) is 0 Å². The van der Waals surface area contributed by atoms with E-state index in [9.17, 15) is 4.79 Å². The molecule has 2 bridgehead atoms. The molecule has 21 heavy (non-hydrogen) atoms. The van der Waals surface area contributed by atoms with Gasteiger partial charge in [0.25, 0.3) is 0 Å². The van der Waals surface area contributed by atoms with Gasteiger partial charge in [0.2, 0.25) is 11.7 Å². The molecule has 2 heterocycles. The summed E-state index contributed by atoms with van der Waals surface area (Å²) in [5.41, 5.74) is 0.107. The number of fused-ring (bicyclic) bond motifs is 2. The van der Waals surface area contributed by atoms with Gasteiger partial charge in [0.1, 0.15) is 11.2 Å². The van der Waals surface area contributed by atoms with Gasteiger partial charge in [-0.3, -0.25) is 9.78 Å². The first-order chi connectivity index (χ1) is 10.1. The van der Waals surface area contributed by atoms with Gasteiger partial charge in [0.05, 0.1) is 0 Å². The highest BCUT2D eigenvalue weighted by Gasteiger charge is 2.67. The molecular weight excluding hydrogens is 266 g/mol. The number of rotatable bonds is 2. The molecule has 2 aliphatic carbocycles. The second-order valence-electron chi connectivity index (χ2n) is 6.65. The third-order valence-corrected chi connectivity index (χ3v) is 5.61. The number of nitrogens with zero attached hydrogens (tertiary/aromatic N) is 3. The molecule has 5 nitrogen and oxygen atoms in total. The summed E-state index contributed by atoms with van der Waals surface area (Å²) in [7, 11) is 0. The quantitative estimate of drug-likeness (QED) is 0.847. The molecule has 108 valence electrons. The third-order valence-electron chi connectivity index (χ3n) is 5.61. The molecule has 0 N–H and O–H groups in total. The SMILES string of the molecule is CC1(C)[C@@H]2CC[C@@]1(c1nc(-c3cccnc3)no1)C(=O)C2. The predicted octanol–water partition coefficient (Wildman–Crippen LogP) is 2.78. The molecule has 0 amide bonds. The Balaban J connectivity index is 1.81. The summed E-state index contributed by atoms with van der Waals surface area (Å²) in [5.74, 6) is 1.67. The number of pyridine rings is 1. The van der Waals surface area contributed by atoms with E-state index in [1.807, 2.05) is 12.1 Å². The molecule has 0 spiro atoms. The monoisotopic (exact) mass is 283 g/mol. The Morgan fingerprint density at radius 1 is 1.38 bits per heavy atom. The van der Waals surface area contributed by atoms with Gasteiger partial charge in [-0.05, 0) is 36.3 Å². The maximum Gasteiger partial charge on any atom is 0.241 e. The Labute approximate surface area is 122 Å². The molecule has 2 aromatic rings. The van der Waals surface area contributed by atoms with Gasteiger partial charge < -0.3 is 4.52 Å². The lowest BCUT2D eigenvalue weighted by atomic mass is 9.69. The van der Waals surface area contributed by atoms with E-state index in [0.29, 0.717) is 24.1 Å².